The number of nitrogens with one attached hydrogen (secondary N) is 2. The summed E-state index contributed by atoms with van der Waals surface area (Å²) in [5, 5.41) is 6.11. The smallest absolute Gasteiger partial charge is 0.246 e. The lowest BCUT2D eigenvalue weighted by molar-refractivity contribution is -0.126. The highest BCUT2D eigenvalue weighted by atomic mass is 32.2. The SMILES string of the molecule is COc1cc(C)c(S(=O)(=O)C(OCC(=O)NCc2ccc(N3CCN(C)CC3)cc2)C2CCCN2)c(C)c1. The number of amides is 1. The van der Waals surface area contributed by atoms with Gasteiger partial charge in [-0.05, 0) is 81.2 Å². The predicted octanol–water partition coefficient (Wildman–Crippen LogP) is 2.25. The molecule has 2 aromatic rings. The van der Waals surface area contributed by atoms with Crippen molar-refractivity contribution >= 4 is 21.4 Å². The minimum absolute atomic E-state index is 0.234. The quantitative estimate of drug-likeness (QED) is 0.470. The largest absolute Gasteiger partial charge is 0.497 e. The molecule has 0 spiro atoms. The highest BCUT2D eigenvalue weighted by Crippen LogP contribution is 2.31. The molecule has 2 atom stereocenters. The molecule has 0 radical (unpaired) electrons. The van der Waals surface area contributed by atoms with Crippen molar-refractivity contribution in [3.8, 4) is 5.75 Å². The number of ether oxygens (including phenoxy) is 2. The number of aryl methyl sites for hydroxylation is 2. The first-order valence-corrected chi connectivity index (χ1v) is 14.8. The number of hydrogen-bond acceptors (Lipinski definition) is 8. The normalized spacial score (nSPS) is 19.4. The molecule has 0 aliphatic carbocycles. The minimum atomic E-state index is -3.88. The maximum absolute atomic E-state index is 13.8. The number of anilines is 1. The molecular weight excluding hydrogens is 504 g/mol. The third-order valence-corrected chi connectivity index (χ3v) is 9.65. The summed E-state index contributed by atoms with van der Waals surface area (Å²) < 4.78 is 38.7. The van der Waals surface area contributed by atoms with Crippen molar-refractivity contribution in [3.63, 3.8) is 0 Å². The molecule has 2 heterocycles. The third kappa shape index (κ3) is 6.66. The number of hydrogen-bond donors (Lipinski definition) is 2. The average Bonchev–Trinajstić information content (AvgIpc) is 3.42. The Morgan fingerprint density at radius 2 is 1.76 bits per heavy atom. The Kier molecular flexibility index (Phi) is 9.30. The van der Waals surface area contributed by atoms with Crippen molar-refractivity contribution < 1.29 is 22.7 Å². The average molecular weight is 545 g/mol. The fourth-order valence-corrected chi connectivity index (χ4v) is 7.42. The van der Waals surface area contributed by atoms with Crippen molar-refractivity contribution in [2.24, 2.45) is 0 Å². The van der Waals surface area contributed by atoms with Crippen LogP contribution in [0.2, 0.25) is 0 Å². The maximum atomic E-state index is 13.8. The molecule has 4 rings (SSSR count). The Morgan fingerprint density at radius 3 is 2.34 bits per heavy atom. The van der Waals surface area contributed by atoms with Crippen molar-refractivity contribution in [1.29, 1.82) is 0 Å². The molecule has 2 fully saturated rings. The van der Waals surface area contributed by atoms with Crippen LogP contribution in [0.15, 0.2) is 41.3 Å². The van der Waals surface area contributed by atoms with Crippen molar-refractivity contribution in [2.75, 3.05) is 58.4 Å². The topological polar surface area (TPSA) is 100 Å². The van der Waals surface area contributed by atoms with Gasteiger partial charge in [-0.1, -0.05) is 12.1 Å². The second-order valence-corrected chi connectivity index (χ2v) is 12.2. The molecule has 9 nitrogen and oxygen atoms in total. The molecular formula is C28H40N4O5S. The van der Waals surface area contributed by atoms with Crippen LogP contribution in [0.3, 0.4) is 0 Å². The summed E-state index contributed by atoms with van der Waals surface area (Å²) in [5.74, 6) is 0.251. The van der Waals surface area contributed by atoms with E-state index in [1.165, 1.54) is 5.69 Å². The second-order valence-electron chi connectivity index (χ2n) is 10.3. The number of nitrogens with zero attached hydrogens (tertiary/aromatic N) is 2. The van der Waals surface area contributed by atoms with Crippen LogP contribution in [0.4, 0.5) is 5.69 Å². The maximum Gasteiger partial charge on any atom is 0.246 e. The van der Waals surface area contributed by atoms with Crippen LogP contribution in [0.5, 0.6) is 5.75 Å². The zero-order chi connectivity index (χ0) is 27.3. The van der Waals surface area contributed by atoms with E-state index < -0.39 is 15.3 Å². The van der Waals surface area contributed by atoms with Crippen LogP contribution < -0.4 is 20.3 Å². The van der Waals surface area contributed by atoms with Crippen LogP contribution in [0, 0.1) is 13.8 Å². The summed E-state index contributed by atoms with van der Waals surface area (Å²) in [5.41, 5.74) is 2.18. The number of methoxy groups -OCH3 is 1. The lowest BCUT2D eigenvalue weighted by atomic mass is 10.1. The van der Waals surface area contributed by atoms with Crippen LogP contribution in [0.1, 0.15) is 29.5 Å². The molecule has 0 aromatic heterocycles. The van der Waals surface area contributed by atoms with E-state index in [4.69, 9.17) is 9.47 Å². The second kappa shape index (κ2) is 12.5. The van der Waals surface area contributed by atoms with Gasteiger partial charge in [0.1, 0.15) is 12.4 Å². The molecule has 38 heavy (non-hydrogen) atoms. The summed E-state index contributed by atoms with van der Waals surface area (Å²) >= 11 is 0. The highest BCUT2D eigenvalue weighted by Gasteiger charge is 2.39. The molecule has 2 aliphatic heterocycles. The van der Waals surface area contributed by atoms with Gasteiger partial charge in [0.15, 0.2) is 5.44 Å². The fraction of sp³-hybridized carbons (Fsp3) is 0.536. The number of carbonyl (C=O) groups excluding carboxylic acids is 1. The van der Waals surface area contributed by atoms with Gasteiger partial charge in [0.25, 0.3) is 0 Å². The summed E-state index contributed by atoms with van der Waals surface area (Å²) in [6, 6.07) is 11.2. The number of sulfone groups is 1. The molecule has 208 valence electrons. The Balaban J connectivity index is 1.38. The summed E-state index contributed by atoms with van der Waals surface area (Å²) in [6.07, 6.45) is 1.52. The van der Waals surface area contributed by atoms with Crippen LogP contribution in [-0.2, 0) is 25.9 Å². The van der Waals surface area contributed by atoms with Gasteiger partial charge >= 0.3 is 0 Å². The Morgan fingerprint density at radius 1 is 1.11 bits per heavy atom. The van der Waals surface area contributed by atoms with E-state index in [2.05, 4.69) is 39.6 Å². The molecule has 2 aliphatic rings. The number of rotatable bonds is 10. The van der Waals surface area contributed by atoms with Gasteiger partial charge in [0, 0.05) is 44.5 Å². The van der Waals surface area contributed by atoms with E-state index in [0.29, 0.717) is 29.8 Å². The number of piperazine rings is 1. The van der Waals surface area contributed by atoms with Crippen molar-refractivity contribution in [1.82, 2.24) is 15.5 Å². The Labute approximate surface area is 226 Å². The first-order chi connectivity index (χ1) is 18.2. The zero-order valence-corrected chi connectivity index (χ0v) is 23.6. The summed E-state index contributed by atoms with van der Waals surface area (Å²) in [7, 11) is -0.193. The Hall–Kier alpha value is -2.66. The third-order valence-electron chi connectivity index (χ3n) is 7.36. The van der Waals surface area contributed by atoms with Gasteiger partial charge in [-0.25, -0.2) is 8.42 Å². The van der Waals surface area contributed by atoms with E-state index in [1.807, 2.05) is 12.1 Å². The van der Waals surface area contributed by atoms with Gasteiger partial charge in [-0.2, -0.15) is 0 Å². The standard InChI is InChI=1S/C28H40N4O5S/c1-20-16-24(36-4)17-21(2)27(20)38(34,35)28(25-6-5-11-29-25)37-19-26(33)30-18-22-7-9-23(10-8-22)32-14-12-31(3)13-15-32/h7-10,16-17,25,28-29H,5-6,11-15,18-19H2,1-4H3,(H,30,33). The van der Waals surface area contributed by atoms with E-state index in [9.17, 15) is 13.2 Å². The molecule has 0 saturated carbocycles. The van der Waals surface area contributed by atoms with Gasteiger partial charge in [-0.3, -0.25) is 4.79 Å². The van der Waals surface area contributed by atoms with Crippen LogP contribution in [0.25, 0.3) is 0 Å². The Bertz CT molecular complexity index is 1180. The molecule has 2 N–H and O–H groups in total. The van der Waals surface area contributed by atoms with E-state index >= 15 is 0 Å². The monoisotopic (exact) mass is 544 g/mol. The fourth-order valence-electron chi connectivity index (χ4n) is 5.26. The first kappa shape index (κ1) is 28.4. The lowest BCUT2D eigenvalue weighted by Crippen LogP contribution is -2.44. The van der Waals surface area contributed by atoms with Gasteiger partial charge in [0.2, 0.25) is 15.7 Å². The van der Waals surface area contributed by atoms with E-state index in [0.717, 1.165) is 44.7 Å². The van der Waals surface area contributed by atoms with Crippen molar-refractivity contribution in [3.05, 3.63) is 53.1 Å². The van der Waals surface area contributed by atoms with Crippen LogP contribution >= 0.6 is 0 Å². The molecule has 2 saturated heterocycles. The first-order valence-electron chi connectivity index (χ1n) is 13.2. The number of carbonyl (C=O) groups is 1. The van der Waals surface area contributed by atoms with Crippen LogP contribution in [-0.4, -0.2) is 84.2 Å². The van der Waals surface area contributed by atoms with Gasteiger partial charge < -0.3 is 29.9 Å². The molecule has 10 heteroatoms. The molecule has 2 aromatic carbocycles. The van der Waals surface area contributed by atoms with Crippen molar-refractivity contribution in [2.45, 2.75) is 49.6 Å². The molecule has 0 bridgehead atoms. The zero-order valence-electron chi connectivity index (χ0n) is 22.8. The van der Waals surface area contributed by atoms with Gasteiger partial charge in [0.05, 0.1) is 12.0 Å². The summed E-state index contributed by atoms with van der Waals surface area (Å²) in [4.78, 5) is 17.6. The number of benzene rings is 2. The highest BCUT2D eigenvalue weighted by molar-refractivity contribution is 7.92. The van der Waals surface area contributed by atoms with E-state index in [1.54, 1.807) is 33.1 Å². The molecule has 2 unspecified atom stereocenters. The summed E-state index contributed by atoms with van der Waals surface area (Å²) in [6.45, 7) is 8.32. The number of likely N-dealkylation sites (N-methyl/N-ethyl adjacent to an activating group) is 1. The van der Waals surface area contributed by atoms with E-state index in [-0.39, 0.29) is 23.5 Å². The van der Waals surface area contributed by atoms with Gasteiger partial charge in [-0.15, -0.1) is 0 Å². The molecule has 1 amide bonds. The predicted molar refractivity (Wildman–Crippen MR) is 148 cm³/mol. The minimum Gasteiger partial charge on any atom is -0.497 e. The lowest BCUT2D eigenvalue weighted by Gasteiger charge is -2.34.